The highest BCUT2D eigenvalue weighted by molar-refractivity contribution is 5.88. The summed E-state index contributed by atoms with van der Waals surface area (Å²) in [6.07, 6.45) is 7.58. The smallest absolute Gasteiger partial charge is 0.307 e. The number of esters is 1. The fourth-order valence-electron chi connectivity index (χ4n) is 3.73. The molecular formula is C16H23N3O3. The third kappa shape index (κ3) is 2.74. The maximum absolute atomic E-state index is 12.9. The summed E-state index contributed by atoms with van der Waals surface area (Å²) in [6.45, 7) is 3.89. The minimum absolute atomic E-state index is 0.0578. The lowest BCUT2D eigenvalue weighted by atomic mass is 9.84. The first-order valence-corrected chi connectivity index (χ1v) is 8.13. The second-order valence-electron chi connectivity index (χ2n) is 6.19. The van der Waals surface area contributed by atoms with Gasteiger partial charge in [0.1, 0.15) is 5.60 Å². The van der Waals surface area contributed by atoms with Crippen LogP contribution in [-0.2, 0) is 20.9 Å². The molecule has 1 amide bonds. The zero-order chi connectivity index (χ0) is 15.6. The zero-order valence-electron chi connectivity index (χ0n) is 13.0. The Kier molecular flexibility index (Phi) is 4.18. The average molecular weight is 305 g/mol. The normalized spacial score (nSPS) is 23.0. The molecule has 6 nitrogen and oxygen atoms in total. The van der Waals surface area contributed by atoms with Crippen LogP contribution >= 0.6 is 0 Å². The van der Waals surface area contributed by atoms with Crippen LogP contribution in [0.2, 0.25) is 0 Å². The highest BCUT2D eigenvalue weighted by Gasteiger charge is 2.54. The molecule has 120 valence electrons. The van der Waals surface area contributed by atoms with Crippen LogP contribution < -0.4 is 0 Å². The molecule has 1 aliphatic heterocycles. The minimum atomic E-state index is -0.521. The molecule has 1 aromatic heterocycles. The summed E-state index contributed by atoms with van der Waals surface area (Å²) in [7, 11) is 0. The summed E-state index contributed by atoms with van der Waals surface area (Å²) in [5.41, 5.74) is -0.521. The third-order valence-electron chi connectivity index (χ3n) is 4.92. The first-order chi connectivity index (χ1) is 10.6. The van der Waals surface area contributed by atoms with Crippen molar-refractivity contribution >= 4 is 11.9 Å². The van der Waals surface area contributed by atoms with Crippen LogP contribution in [0.3, 0.4) is 0 Å². The standard InChI is InChI=1S/C16H23N3O3/c1-2-18(10-11-19-9-5-8-17-19)15(21)13-12-14(20)22-16(13)6-3-4-7-16/h5,8-9,13H,2-4,6-7,10-12H2,1H3. The average Bonchev–Trinajstić information content (AvgIpc) is 3.22. The Labute approximate surface area is 130 Å². The van der Waals surface area contributed by atoms with Crippen molar-refractivity contribution in [1.29, 1.82) is 0 Å². The zero-order valence-corrected chi connectivity index (χ0v) is 13.0. The summed E-state index contributed by atoms with van der Waals surface area (Å²) >= 11 is 0. The van der Waals surface area contributed by atoms with Gasteiger partial charge in [0.15, 0.2) is 0 Å². The van der Waals surface area contributed by atoms with Gasteiger partial charge in [-0.05, 0) is 38.7 Å². The fourth-order valence-corrected chi connectivity index (χ4v) is 3.73. The molecule has 2 aliphatic rings. The highest BCUT2D eigenvalue weighted by atomic mass is 16.6. The molecule has 22 heavy (non-hydrogen) atoms. The van der Waals surface area contributed by atoms with Crippen molar-refractivity contribution in [3.05, 3.63) is 18.5 Å². The number of nitrogens with zero attached hydrogens (tertiary/aromatic N) is 3. The van der Waals surface area contributed by atoms with Gasteiger partial charge in [-0.15, -0.1) is 0 Å². The van der Waals surface area contributed by atoms with Crippen molar-refractivity contribution in [2.75, 3.05) is 13.1 Å². The molecule has 1 saturated carbocycles. The summed E-state index contributed by atoms with van der Waals surface area (Å²) < 4.78 is 7.40. The van der Waals surface area contributed by atoms with Crippen molar-refractivity contribution in [2.24, 2.45) is 5.92 Å². The Hall–Kier alpha value is -1.85. The van der Waals surface area contributed by atoms with Crippen LogP contribution in [-0.4, -0.2) is 45.2 Å². The van der Waals surface area contributed by atoms with E-state index in [1.807, 2.05) is 28.8 Å². The van der Waals surface area contributed by atoms with E-state index in [0.29, 0.717) is 19.6 Å². The van der Waals surface area contributed by atoms with Crippen LogP contribution in [0.15, 0.2) is 18.5 Å². The minimum Gasteiger partial charge on any atom is -0.458 e. The van der Waals surface area contributed by atoms with E-state index in [-0.39, 0.29) is 24.2 Å². The van der Waals surface area contributed by atoms with Gasteiger partial charge < -0.3 is 9.64 Å². The third-order valence-corrected chi connectivity index (χ3v) is 4.92. The second-order valence-corrected chi connectivity index (χ2v) is 6.19. The first kappa shape index (κ1) is 15.1. The van der Waals surface area contributed by atoms with Crippen LogP contribution in [0, 0.1) is 5.92 Å². The quantitative estimate of drug-likeness (QED) is 0.775. The summed E-state index contributed by atoms with van der Waals surface area (Å²) in [4.78, 5) is 26.5. The highest BCUT2D eigenvalue weighted by Crippen LogP contribution is 2.46. The maximum Gasteiger partial charge on any atom is 0.307 e. The summed E-state index contributed by atoms with van der Waals surface area (Å²) in [5, 5.41) is 4.16. The van der Waals surface area contributed by atoms with Crippen molar-refractivity contribution in [2.45, 2.75) is 51.2 Å². The van der Waals surface area contributed by atoms with Gasteiger partial charge in [0.2, 0.25) is 5.91 Å². The van der Waals surface area contributed by atoms with Gasteiger partial charge in [0, 0.05) is 25.5 Å². The molecule has 1 aromatic rings. The predicted molar refractivity (Wildman–Crippen MR) is 79.9 cm³/mol. The molecule has 2 fully saturated rings. The summed E-state index contributed by atoms with van der Waals surface area (Å²) in [5.74, 6) is -0.467. The number of aromatic nitrogens is 2. The van der Waals surface area contributed by atoms with E-state index in [4.69, 9.17) is 4.74 Å². The molecule has 1 aliphatic carbocycles. The number of carbonyl (C=O) groups excluding carboxylic acids is 2. The molecule has 1 unspecified atom stereocenters. The Balaban J connectivity index is 1.68. The molecule has 0 radical (unpaired) electrons. The van der Waals surface area contributed by atoms with Crippen molar-refractivity contribution < 1.29 is 14.3 Å². The Bertz CT molecular complexity index is 535. The maximum atomic E-state index is 12.9. The van der Waals surface area contributed by atoms with Crippen molar-refractivity contribution in [3.8, 4) is 0 Å². The van der Waals surface area contributed by atoms with Crippen LogP contribution in [0.5, 0.6) is 0 Å². The van der Waals surface area contributed by atoms with E-state index < -0.39 is 5.60 Å². The van der Waals surface area contributed by atoms with Crippen molar-refractivity contribution in [1.82, 2.24) is 14.7 Å². The summed E-state index contributed by atoms with van der Waals surface area (Å²) in [6, 6.07) is 1.87. The van der Waals surface area contributed by atoms with E-state index in [2.05, 4.69) is 5.10 Å². The van der Waals surface area contributed by atoms with Crippen LogP contribution in [0.25, 0.3) is 0 Å². The largest absolute Gasteiger partial charge is 0.458 e. The molecule has 0 bridgehead atoms. The number of amides is 1. The molecule has 0 N–H and O–H groups in total. The molecule has 1 spiro atoms. The number of rotatable bonds is 5. The lowest BCUT2D eigenvalue weighted by Gasteiger charge is -2.32. The lowest BCUT2D eigenvalue weighted by molar-refractivity contribution is -0.151. The molecular weight excluding hydrogens is 282 g/mol. The van der Waals surface area contributed by atoms with E-state index in [9.17, 15) is 9.59 Å². The monoisotopic (exact) mass is 305 g/mol. The fraction of sp³-hybridized carbons (Fsp3) is 0.688. The Morgan fingerprint density at radius 3 is 2.91 bits per heavy atom. The predicted octanol–water partition coefficient (Wildman–Crippen LogP) is 1.61. The van der Waals surface area contributed by atoms with E-state index in [1.54, 1.807) is 6.20 Å². The molecule has 1 saturated heterocycles. The van der Waals surface area contributed by atoms with Gasteiger partial charge in [-0.2, -0.15) is 5.10 Å². The van der Waals surface area contributed by atoms with Gasteiger partial charge in [-0.1, -0.05) is 0 Å². The van der Waals surface area contributed by atoms with Gasteiger partial charge in [0.25, 0.3) is 0 Å². The number of hydrogen-bond donors (Lipinski definition) is 0. The number of ether oxygens (including phenoxy) is 1. The van der Waals surface area contributed by atoms with Crippen molar-refractivity contribution in [3.63, 3.8) is 0 Å². The topological polar surface area (TPSA) is 64.4 Å². The van der Waals surface area contributed by atoms with E-state index in [0.717, 1.165) is 25.7 Å². The van der Waals surface area contributed by atoms with Gasteiger partial charge in [0.05, 0.1) is 18.9 Å². The van der Waals surface area contributed by atoms with Gasteiger partial charge >= 0.3 is 5.97 Å². The number of hydrogen-bond acceptors (Lipinski definition) is 4. The molecule has 2 heterocycles. The number of carbonyl (C=O) groups is 2. The first-order valence-electron chi connectivity index (χ1n) is 8.13. The Morgan fingerprint density at radius 1 is 1.50 bits per heavy atom. The Morgan fingerprint density at radius 2 is 2.27 bits per heavy atom. The van der Waals surface area contributed by atoms with Crippen LogP contribution in [0.4, 0.5) is 0 Å². The van der Waals surface area contributed by atoms with Crippen LogP contribution in [0.1, 0.15) is 39.0 Å². The molecule has 6 heteroatoms. The second kappa shape index (κ2) is 6.10. The molecule has 1 atom stereocenters. The molecule has 3 rings (SSSR count). The number of likely N-dealkylation sites (N-methyl/N-ethyl adjacent to an activating group) is 1. The SMILES string of the molecule is CCN(CCn1cccn1)C(=O)C1CC(=O)OC12CCCC2. The lowest BCUT2D eigenvalue weighted by Crippen LogP contribution is -2.45. The van der Waals surface area contributed by atoms with E-state index in [1.165, 1.54) is 0 Å². The van der Waals surface area contributed by atoms with E-state index >= 15 is 0 Å². The van der Waals surface area contributed by atoms with Gasteiger partial charge in [-0.25, -0.2) is 0 Å². The van der Waals surface area contributed by atoms with Gasteiger partial charge in [-0.3, -0.25) is 14.3 Å². The molecule has 0 aromatic carbocycles.